The van der Waals surface area contributed by atoms with E-state index in [1.54, 1.807) is 0 Å². The summed E-state index contributed by atoms with van der Waals surface area (Å²) >= 11 is 1.87. The molecule has 3 heterocycles. The van der Waals surface area contributed by atoms with E-state index >= 15 is 0 Å². The zero-order valence-corrected chi connectivity index (χ0v) is 24.4. The van der Waals surface area contributed by atoms with Crippen LogP contribution in [0.3, 0.4) is 0 Å². The quantitative estimate of drug-likeness (QED) is 0.486. The lowest BCUT2D eigenvalue weighted by molar-refractivity contribution is -0.163. The van der Waals surface area contributed by atoms with Crippen LogP contribution in [-0.4, -0.2) is 65.3 Å². The lowest BCUT2D eigenvalue weighted by Crippen LogP contribution is -2.61. The first-order valence-electron chi connectivity index (χ1n) is 15.3. The van der Waals surface area contributed by atoms with E-state index in [-0.39, 0.29) is 23.4 Å². The number of amides is 2. The Balaban J connectivity index is 0.993. The van der Waals surface area contributed by atoms with E-state index in [0.29, 0.717) is 32.0 Å². The molecule has 5 fully saturated rings. The lowest BCUT2D eigenvalue weighted by atomic mass is 9.49. The highest BCUT2D eigenvalue weighted by molar-refractivity contribution is 7.10. The Kier molecular flexibility index (Phi) is 6.62. The molecular weight excluding hydrogens is 502 g/mol. The third-order valence-electron chi connectivity index (χ3n) is 10.9. The number of carbonyl (C=O) groups excluding carboxylic acids is 2. The Bertz CT molecular complexity index is 1220. The zero-order valence-electron chi connectivity index (χ0n) is 23.6. The van der Waals surface area contributed by atoms with Gasteiger partial charge in [-0.05, 0) is 105 Å². The number of piperazine rings is 1. The molecular formula is C33H43N3O2S. The Labute approximate surface area is 237 Å². The molecule has 0 radical (unpaired) electrons. The lowest BCUT2D eigenvalue weighted by Gasteiger charge is -2.57. The average molecular weight is 546 g/mol. The molecule has 2 atom stereocenters. The van der Waals surface area contributed by atoms with Crippen molar-refractivity contribution < 1.29 is 9.59 Å². The molecule has 0 spiro atoms. The summed E-state index contributed by atoms with van der Waals surface area (Å²) in [6.07, 6.45) is 9.04. The number of rotatable bonds is 5. The first kappa shape index (κ1) is 25.8. The highest BCUT2D eigenvalue weighted by Crippen LogP contribution is 2.60. The second-order valence-electron chi connectivity index (χ2n) is 13.5. The van der Waals surface area contributed by atoms with Gasteiger partial charge >= 0.3 is 0 Å². The Morgan fingerprint density at radius 3 is 2.36 bits per heavy atom. The fourth-order valence-electron chi connectivity index (χ4n) is 9.43. The summed E-state index contributed by atoms with van der Waals surface area (Å²) in [6, 6.07) is 11.3. The third-order valence-corrected chi connectivity index (χ3v) is 11.9. The second-order valence-corrected chi connectivity index (χ2v) is 14.5. The van der Waals surface area contributed by atoms with Crippen molar-refractivity contribution in [2.24, 2.45) is 23.2 Å². The number of hydrogen-bond acceptors (Lipinski definition) is 4. The molecule has 5 nitrogen and oxygen atoms in total. The highest BCUT2D eigenvalue weighted by atomic mass is 32.1. The van der Waals surface area contributed by atoms with Gasteiger partial charge in [0.1, 0.15) is 0 Å². The van der Waals surface area contributed by atoms with E-state index in [9.17, 15) is 9.59 Å². The van der Waals surface area contributed by atoms with Gasteiger partial charge in [0.05, 0.1) is 11.5 Å². The summed E-state index contributed by atoms with van der Waals surface area (Å²) in [4.78, 5) is 35.7. The number of carbonyl (C=O) groups is 2. The first-order valence-corrected chi connectivity index (χ1v) is 16.2. The molecule has 208 valence electrons. The number of nitrogens with zero attached hydrogens (tertiary/aromatic N) is 3. The van der Waals surface area contributed by atoms with Gasteiger partial charge in [0, 0.05) is 50.1 Å². The van der Waals surface area contributed by atoms with Crippen molar-refractivity contribution in [1.29, 1.82) is 0 Å². The van der Waals surface area contributed by atoms with Gasteiger partial charge < -0.3 is 9.80 Å². The molecule has 1 aromatic carbocycles. The maximum absolute atomic E-state index is 14.0. The molecule has 2 aromatic rings. The van der Waals surface area contributed by atoms with Crippen molar-refractivity contribution in [3.63, 3.8) is 0 Å². The largest absolute Gasteiger partial charge is 0.339 e. The van der Waals surface area contributed by atoms with Crippen molar-refractivity contribution >= 4 is 23.2 Å². The molecule has 2 amide bonds. The van der Waals surface area contributed by atoms with E-state index in [2.05, 4.69) is 59.4 Å². The number of fused-ring (bicyclic) bond motifs is 1. The van der Waals surface area contributed by atoms with Crippen molar-refractivity contribution in [2.45, 2.75) is 77.3 Å². The SMILES string of the molecule is Cc1ccccc1[C@@H]1c2ccsc2CCN1CCC(=O)N1CCN(C(=O)C23CC4CC(CC(C4)C2)C3)[C@H](C)C1. The van der Waals surface area contributed by atoms with Crippen molar-refractivity contribution in [3.8, 4) is 0 Å². The van der Waals surface area contributed by atoms with Crippen molar-refractivity contribution in [3.05, 3.63) is 57.3 Å². The monoisotopic (exact) mass is 545 g/mol. The van der Waals surface area contributed by atoms with E-state index in [0.717, 1.165) is 56.5 Å². The minimum Gasteiger partial charge on any atom is -0.339 e. The molecule has 6 aliphatic rings. The van der Waals surface area contributed by atoms with Crippen LogP contribution in [0.5, 0.6) is 0 Å². The van der Waals surface area contributed by atoms with Crippen molar-refractivity contribution in [1.82, 2.24) is 14.7 Å². The van der Waals surface area contributed by atoms with Crippen LogP contribution in [0, 0.1) is 30.1 Å². The van der Waals surface area contributed by atoms with E-state index in [1.165, 1.54) is 40.8 Å². The summed E-state index contributed by atoms with van der Waals surface area (Å²) in [5, 5.41) is 2.22. The molecule has 8 rings (SSSR count). The number of aryl methyl sites for hydroxylation is 1. The second kappa shape index (κ2) is 10.0. The van der Waals surface area contributed by atoms with Crippen LogP contribution in [0.4, 0.5) is 0 Å². The van der Waals surface area contributed by atoms with Gasteiger partial charge in [0.2, 0.25) is 11.8 Å². The standard InChI is InChI=1S/C33H43N3O2S/c1-22-5-3-4-6-27(22)31-28-9-14-39-29(28)7-10-34(31)11-8-30(37)35-12-13-36(23(2)21-35)32(38)33-18-24-15-25(19-33)17-26(16-24)20-33/h3-6,9,14,23-26,31H,7-8,10-13,15-21H2,1-2H3/t23-,24?,25?,26?,31-,33?/m1/s1. The molecule has 4 bridgehead atoms. The minimum atomic E-state index is -0.0887. The molecule has 1 saturated heterocycles. The number of hydrogen-bond donors (Lipinski definition) is 0. The van der Waals surface area contributed by atoms with Crippen LogP contribution in [0.15, 0.2) is 35.7 Å². The zero-order chi connectivity index (χ0) is 26.7. The molecule has 4 aliphatic carbocycles. The van der Waals surface area contributed by atoms with Crippen LogP contribution in [0.25, 0.3) is 0 Å². The van der Waals surface area contributed by atoms with E-state index in [4.69, 9.17) is 0 Å². The van der Waals surface area contributed by atoms with Gasteiger partial charge in [0.25, 0.3) is 0 Å². The van der Waals surface area contributed by atoms with Crippen LogP contribution >= 0.6 is 11.3 Å². The Morgan fingerprint density at radius 1 is 0.949 bits per heavy atom. The third kappa shape index (κ3) is 4.56. The van der Waals surface area contributed by atoms with Gasteiger partial charge in [0.15, 0.2) is 0 Å². The summed E-state index contributed by atoms with van der Waals surface area (Å²) in [6.45, 7) is 8.17. The van der Waals surface area contributed by atoms with Crippen LogP contribution in [0.2, 0.25) is 0 Å². The molecule has 6 heteroatoms. The summed E-state index contributed by atoms with van der Waals surface area (Å²) in [5.41, 5.74) is 3.99. The fourth-order valence-corrected chi connectivity index (χ4v) is 10.3. The summed E-state index contributed by atoms with van der Waals surface area (Å²) in [5.74, 6) is 3.00. The van der Waals surface area contributed by atoms with E-state index in [1.807, 2.05) is 16.2 Å². The van der Waals surface area contributed by atoms with Crippen LogP contribution in [0.1, 0.15) is 79.5 Å². The fraction of sp³-hybridized carbons (Fsp3) is 0.636. The molecule has 1 aromatic heterocycles. The summed E-state index contributed by atoms with van der Waals surface area (Å²) < 4.78 is 0. The number of thiophene rings is 1. The Morgan fingerprint density at radius 2 is 1.67 bits per heavy atom. The van der Waals surface area contributed by atoms with Gasteiger partial charge in [-0.15, -0.1) is 11.3 Å². The van der Waals surface area contributed by atoms with Crippen LogP contribution in [-0.2, 0) is 16.0 Å². The minimum absolute atomic E-state index is 0.0887. The average Bonchev–Trinajstić information content (AvgIpc) is 3.40. The van der Waals surface area contributed by atoms with Crippen LogP contribution < -0.4 is 0 Å². The molecule has 39 heavy (non-hydrogen) atoms. The van der Waals surface area contributed by atoms with Gasteiger partial charge in [-0.3, -0.25) is 14.5 Å². The van der Waals surface area contributed by atoms with Gasteiger partial charge in [-0.1, -0.05) is 24.3 Å². The van der Waals surface area contributed by atoms with Crippen molar-refractivity contribution in [2.75, 3.05) is 32.7 Å². The molecule has 2 aliphatic heterocycles. The van der Waals surface area contributed by atoms with E-state index < -0.39 is 0 Å². The van der Waals surface area contributed by atoms with Gasteiger partial charge in [-0.25, -0.2) is 0 Å². The maximum atomic E-state index is 14.0. The first-order chi connectivity index (χ1) is 18.9. The topological polar surface area (TPSA) is 43.9 Å². The predicted octanol–water partition coefficient (Wildman–Crippen LogP) is 5.67. The molecule has 0 N–H and O–H groups in total. The molecule has 0 unspecified atom stereocenters. The summed E-state index contributed by atoms with van der Waals surface area (Å²) in [7, 11) is 0. The predicted molar refractivity (Wildman–Crippen MR) is 156 cm³/mol. The highest BCUT2D eigenvalue weighted by Gasteiger charge is 2.56. The Hall–Kier alpha value is -2.18. The normalized spacial score (nSPS) is 33.8. The molecule has 4 saturated carbocycles. The number of benzene rings is 1. The maximum Gasteiger partial charge on any atom is 0.229 e. The smallest absolute Gasteiger partial charge is 0.229 e. The van der Waals surface area contributed by atoms with Gasteiger partial charge in [-0.2, -0.15) is 0 Å².